The van der Waals surface area contributed by atoms with E-state index in [-0.39, 0.29) is 11.2 Å². The largest absolute Gasteiger partial charge is 0.345 e. The summed E-state index contributed by atoms with van der Waals surface area (Å²) in [6.45, 7) is 10.3. The number of hydrogen-bond donors (Lipinski definition) is 0. The molecule has 0 amide bonds. The van der Waals surface area contributed by atoms with Gasteiger partial charge in [0.2, 0.25) is 0 Å². The van der Waals surface area contributed by atoms with Crippen molar-refractivity contribution in [1.82, 2.24) is 0 Å². The Morgan fingerprint density at radius 2 is 1.79 bits per heavy atom. The molecule has 0 aromatic rings. The molecule has 0 atom stereocenters. The molecule has 0 radical (unpaired) electrons. The molecule has 2 aliphatic rings. The fourth-order valence-electron chi connectivity index (χ4n) is 1.79. The Kier molecular flexibility index (Phi) is 2.24. The van der Waals surface area contributed by atoms with Crippen molar-refractivity contribution in [3.8, 4) is 0 Å². The molecule has 14 heavy (non-hydrogen) atoms. The zero-order valence-electron chi connectivity index (χ0n) is 9.59. The van der Waals surface area contributed by atoms with Gasteiger partial charge in [0, 0.05) is 11.8 Å². The summed E-state index contributed by atoms with van der Waals surface area (Å²) in [7, 11) is 0. The maximum Gasteiger partial charge on any atom is 0.194 e. The van der Waals surface area contributed by atoms with Crippen molar-refractivity contribution in [3.05, 3.63) is 11.6 Å². The van der Waals surface area contributed by atoms with Crippen molar-refractivity contribution in [2.75, 3.05) is 13.2 Å². The fourth-order valence-corrected chi connectivity index (χ4v) is 1.79. The third-order valence-electron chi connectivity index (χ3n) is 2.71. The summed E-state index contributed by atoms with van der Waals surface area (Å²) in [6.07, 6.45) is 3.24. The van der Waals surface area contributed by atoms with Crippen LogP contribution in [0.2, 0.25) is 0 Å². The average molecular weight is 196 g/mol. The molecule has 2 fully saturated rings. The van der Waals surface area contributed by atoms with Crippen LogP contribution in [0.25, 0.3) is 0 Å². The van der Waals surface area contributed by atoms with Crippen LogP contribution in [0.1, 0.15) is 34.1 Å². The molecule has 2 rings (SSSR count). The first-order valence-electron chi connectivity index (χ1n) is 5.43. The van der Waals surface area contributed by atoms with Crippen molar-refractivity contribution in [3.63, 3.8) is 0 Å². The van der Waals surface area contributed by atoms with Crippen LogP contribution in [0.3, 0.4) is 0 Å². The number of rotatable bonds is 1. The van der Waals surface area contributed by atoms with Gasteiger partial charge in [0.15, 0.2) is 5.79 Å². The van der Waals surface area contributed by atoms with Gasteiger partial charge in [-0.2, -0.15) is 0 Å². The number of allylic oxidation sites excluding steroid dienone is 1. The molecule has 1 aliphatic heterocycles. The smallest absolute Gasteiger partial charge is 0.194 e. The lowest BCUT2D eigenvalue weighted by Gasteiger charge is -2.34. The van der Waals surface area contributed by atoms with Crippen molar-refractivity contribution in [1.29, 1.82) is 0 Å². The molecule has 0 N–H and O–H groups in total. The van der Waals surface area contributed by atoms with E-state index in [1.807, 2.05) is 0 Å². The third kappa shape index (κ3) is 1.86. The zero-order chi connectivity index (χ0) is 10.4. The van der Waals surface area contributed by atoms with Gasteiger partial charge in [0.1, 0.15) is 0 Å². The maximum absolute atomic E-state index is 5.81. The van der Waals surface area contributed by atoms with E-state index in [1.54, 1.807) is 0 Å². The predicted octanol–water partition coefficient (Wildman–Crippen LogP) is 2.74. The monoisotopic (exact) mass is 196 g/mol. The first kappa shape index (κ1) is 10.2. The lowest BCUT2D eigenvalue weighted by Crippen LogP contribution is -2.39. The van der Waals surface area contributed by atoms with Crippen molar-refractivity contribution in [2.24, 2.45) is 11.3 Å². The van der Waals surface area contributed by atoms with E-state index in [9.17, 15) is 0 Å². The van der Waals surface area contributed by atoms with E-state index in [1.165, 1.54) is 5.57 Å². The van der Waals surface area contributed by atoms with Crippen LogP contribution >= 0.6 is 0 Å². The minimum Gasteiger partial charge on any atom is -0.345 e. The second-order valence-electron chi connectivity index (χ2n) is 5.61. The second kappa shape index (κ2) is 3.07. The van der Waals surface area contributed by atoms with Crippen LogP contribution in [0, 0.1) is 11.3 Å². The molecule has 1 heterocycles. The molecule has 0 bridgehead atoms. The molecule has 2 heteroatoms. The normalized spacial score (nSPS) is 31.4. The topological polar surface area (TPSA) is 18.5 Å². The van der Waals surface area contributed by atoms with Crippen molar-refractivity contribution >= 4 is 0 Å². The summed E-state index contributed by atoms with van der Waals surface area (Å²) in [5, 5.41) is 0. The summed E-state index contributed by atoms with van der Waals surface area (Å²) in [6, 6.07) is 0. The SMILES string of the molecule is CC(C)/C=C1/CC12OCC(C)(C)CO2. The van der Waals surface area contributed by atoms with Crippen LogP contribution in [0.15, 0.2) is 11.6 Å². The summed E-state index contributed by atoms with van der Waals surface area (Å²) < 4.78 is 11.6. The highest BCUT2D eigenvalue weighted by atomic mass is 16.7. The number of hydrogen-bond acceptors (Lipinski definition) is 2. The lowest BCUT2D eigenvalue weighted by molar-refractivity contribution is -0.233. The average Bonchev–Trinajstić information content (AvgIpc) is 2.71. The Hall–Kier alpha value is -0.340. The Labute approximate surface area is 86.3 Å². The van der Waals surface area contributed by atoms with Crippen molar-refractivity contribution < 1.29 is 9.47 Å². The van der Waals surface area contributed by atoms with Crippen LogP contribution in [-0.2, 0) is 9.47 Å². The van der Waals surface area contributed by atoms with Gasteiger partial charge in [-0.1, -0.05) is 33.8 Å². The van der Waals surface area contributed by atoms with Gasteiger partial charge in [0.25, 0.3) is 0 Å². The third-order valence-corrected chi connectivity index (χ3v) is 2.71. The molecule has 0 unspecified atom stereocenters. The standard InChI is InChI=1S/C12H20O2/c1-9(2)5-10-6-12(10)13-7-11(3,4)8-14-12/h5,9H,6-8H2,1-4H3/b10-5-. The second-order valence-corrected chi connectivity index (χ2v) is 5.61. The van der Waals surface area contributed by atoms with E-state index in [0.29, 0.717) is 5.92 Å². The molecule has 80 valence electrons. The van der Waals surface area contributed by atoms with Gasteiger partial charge in [0.05, 0.1) is 13.2 Å². The Morgan fingerprint density at radius 1 is 1.21 bits per heavy atom. The number of ether oxygens (including phenoxy) is 2. The predicted molar refractivity (Wildman–Crippen MR) is 56.0 cm³/mol. The van der Waals surface area contributed by atoms with E-state index >= 15 is 0 Å². The van der Waals surface area contributed by atoms with Crippen LogP contribution in [0.5, 0.6) is 0 Å². The first-order valence-corrected chi connectivity index (χ1v) is 5.43. The molecule has 0 aromatic heterocycles. The minimum absolute atomic E-state index is 0.177. The molecule has 1 aliphatic carbocycles. The van der Waals surface area contributed by atoms with Crippen LogP contribution in [-0.4, -0.2) is 19.0 Å². The Bertz CT molecular complexity index is 253. The van der Waals surface area contributed by atoms with E-state index in [4.69, 9.17) is 9.47 Å². The minimum atomic E-state index is -0.306. The van der Waals surface area contributed by atoms with E-state index in [0.717, 1.165) is 19.6 Å². The summed E-state index contributed by atoms with van der Waals surface area (Å²) in [5.74, 6) is 0.284. The molecule has 1 saturated heterocycles. The summed E-state index contributed by atoms with van der Waals surface area (Å²) >= 11 is 0. The summed E-state index contributed by atoms with van der Waals surface area (Å²) in [4.78, 5) is 0. The Morgan fingerprint density at radius 3 is 2.29 bits per heavy atom. The van der Waals surface area contributed by atoms with E-state index < -0.39 is 0 Å². The molecular weight excluding hydrogens is 176 g/mol. The lowest BCUT2D eigenvalue weighted by atomic mass is 9.95. The van der Waals surface area contributed by atoms with Gasteiger partial charge in [-0.3, -0.25) is 0 Å². The van der Waals surface area contributed by atoms with Crippen LogP contribution in [0.4, 0.5) is 0 Å². The fraction of sp³-hybridized carbons (Fsp3) is 0.833. The zero-order valence-corrected chi connectivity index (χ0v) is 9.59. The maximum atomic E-state index is 5.81. The molecular formula is C12H20O2. The summed E-state index contributed by atoms with van der Waals surface area (Å²) in [5.41, 5.74) is 1.51. The highest BCUT2D eigenvalue weighted by Gasteiger charge is 2.55. The van der Waals surface area contributed by atoms with Gasteiger partial charge >= 0.3 is 0 Å². The van der Waals surface area contributed by atoms with Crippen molar-refractivity contribution in [2.45, 2.75) is 39.9 Å². The van der Waals surface area contributed by atoms with Gasteiger partial charge < -0.3 is 9.47 Å². The quantitative estimate of drug-likeness (QED) is 0.600. The molecule has 1 spiro atoms. The molecule has 1 saturated carbocycles. The van der Waals surface area contributed by atoms with Gasteiger partial charge in [-0.05, 0) is 11.5 Å². The van der Waals surface area contributed by atoms with E-state index in [2.05, 4.69) is 33.8 Å². The first-order chi connectivity index (χ1) is 6.44. The molecule has 2 nitrogen and oxygen atoms in total. The van der Waals surface area contributed by atoms with Gasteiger partial charge in [-0.25, -0.2) is 0 Å². The van der Waals surface area contributed by atoms with Gasteiger partial charge in [-0.15, -0.1) is 0 Å². The highest BCUT2D eigenvalue weighted by molar-refractivity contribution is 5.33. The molecule has 0 aromatic carbocycles. The highest BCUT2D eigenvalue weighted by Crippen LogP contribution is 2.51. The Balaban J connectivity index is 1.98. The van der Waals surface area contributed by atoms with Crippen LogP contribution < -0.4 is 0 Å².